The van der Waals surface area contributed by atoms with Gasteiger partial charge in [0.25, 0.3) is 5.91 Å². The molecule has 3 nitrogen and oxygen atoms in total. The molecule has 1 amide bonds. The molecule has 0 bridgehead atoms. The van der Waals surface area contributed by atoms with Crippen LogP contribution in [-0.2, 0) is 0 Å². The normalized spacial score (nSPS) is 10.5. The maximum Gasteiger partial charge on any atom is 0.259 e. The lowest BCUT2D eigenvalue weighted by Gasteiger charge is -2.10. The van der Waals surface area contributed by atoms with Gasteiger partial charge < -0.3 is 9.73 Å². The molecule has 0 spiro atoms. The molecule has 0 fully saturated rings. The average Bonchev–Trinajstić information content (AvgIpc) is 2.89. The van der Waals surface area contributed by atoms with Crippen molar-refractivity contribution in [3.8, 4) is 0 Å². The number of carbonyl (C=O) groups is 1. The highest BCUT2D eigenvalue weighted by molar-refractivity contribution is 7.99. The van der Waals surface area contributed by atoms with Crippen LogP contribution in [-0.4, -0.2) is 5.91 Å². The van der Waals surface area contributed by atoms with E-state index >= 15 is 0 Å². The molecule has 0 atom stereocenters. The molecule has 0 saturated heterocycles. The van der Waals surface area contributed by atoms with E-state index in [4.69, 9.17) is 4.42 Å². The number of amides is 1. The van der Waals surface area contributed by atoms with E-state index in [0.717, 1.165) is 21.2 Å². The molecule has 0 radical (unpaired) electrons. The molecule has 4 heteroatoms. The third-order valence-electron chi connectivity index (χ3n) is 3.39. The first-order valence-corrected chi connectivity index (χ1v) is 8.15. The first-order valence-electron chi connectivity index (χ1n) is 7.34. The van der Waals surface area contributed by atoms with E-state index in [0.29, 0.717) is 11.3 Å². The third-order valence-corrected chi connectivity index (χ3v) is 4.48. The Bertz CT molecular complexity index is 824. The van der Waals surface area contributed by atoms with Gasteiger partial charge in [0.05, 0.1) is 11.3 Å². The van der Waals surface area contributed by atoms with E-state index in [9.17, 15) is 4.79 Å². The van der Waals surface area contributed by atoms with Gasteiger partial charge in [0, 0.05) is 9.79 Å². The molecular weight excluding hydrogens is 306 g/mol. The smallest absolute Gasteiger partial charge is 0.259 e. The van der Waals surface area contributed by atoms with Crippen molar-refractivity contribution in [3.05, 3.63) is 77.7 Å². The fourth-order valence-electron chi connectivity index (χ4n) is 2.32. The standard InChI is InChI=1S/C19H17NO2S/c1-13-12-16(14(2)22-13)19(21)20-17-10-6-7-11-18(17)23-15-8-4-3-5-9-15/h3-12H,1-2H3,(H,20,21). The van der Waals surface area contributed by atoms with Crippen LogP contribution in [0.15, 0.2) is 74.9 Å². The van der Waals surface area contributed by atoms with Gasteiger partial charge in [0.15, 0.2) is 0 Å². The van der Waals surface area contributed by atoms with Crippen LogP contribution in [0.3, 0.4) is 0 Å². The molecule has 1 heterocycles. The Labute approximate surface area is 139 Å². The van der Waals surface area contributed by atoms with E-state index < -0.39 is 0 Å². The number of carbonyl (C=O) groups excluding carboxylic acids is 1. The van der Waals surface area contributed by atoms with E-state index in [-0.39, 0.29) is 5.91 Å². The second-order valence-corrected chi connectivity index (χ2v) is 6.31. The highest BCUT2D eigenvalue weighted by atomic mass is 32.2. The number of para-hydroxylation sites is 1. The maximum absolute atomic E-state index is 12.5. The van der Waals surface area contributed by atoms with Gasteiger partial charge in [-0.25, -0.2) is 0 Å². The van der Waals surface area contributed by atoms with Crippen LogP contribution in [0, 0.1) is 13.8 Å². The molecule has 3 aromatic rings. The maximum atomic E-state index is 12.5. The van der Waals surface area contributed by atoms with Crippen molar-refractivity contribution < 1.29 is 9.21 Å². The topological polar surface area (TPSA) is 42.2 Å². The summed E-state index contributed by atoms with van der Waals surface area (Å²) >= 11 is 1.62. The van der Waals surface area contributed by atoms with Crippen molar-refractivity contribution >= 4 is 23.4 Å². The van der Waals surface area contributed by atoms with E-state index in [1.54, 1.807) is 24.8 Å². The van der Waals surface area contributed by atoms with Gasteiger partial charge in [-0.15, -0.1) is 0 Å². The fourth-order valence-corrected chi connectivity index (χ4v) is 3.24. The highest BCUT2D eigenvalue weighted by Gasteiger charge is 2.15. The van der Waals surface area contributed by atoms with Gasteiger partial charge in [-0.05, 0) is 44.2 Å². The van der Waals surface area contributed by atoms with Crippen molar-refractivity contribution in [2.45, 2.75) is 23.6 Å². The lowest BCUT2D eigenvalue weighted by Crippen LogP contribution is -2.12. The summed E-state index contributed by atoms with van der Waals surface area (Å²) in [6.45, 7) is 3.63. The van der Waals surface area contributed by atoms with Gasteiger partial charge in [0.1, 0.15) is 11.5 Å². The zero-order valence-corrected chi connectivity index (χ0v) is 13.8. The SMILES string of the molecule is Cc1cc(C(=O)Nc2ccccc2Sc2ccccc2)c(C)o1. The zero-order valence-electron chi connectivity index (χ0n) is 13.0. The lowest BCUT2D eigenvalue weighted by molar-refractivity contribution is 0.102. The van der Waals surface area contributed by atoms with Crippen molar-refractivity contribution in [1.29, 1.82) is 0 Å². The Morgan fingerprint density at radius 2 is 1.70 bits per heavy atom. The summed E-state index contributed by atoms with van der Waals surface area (Å²) in [4.78, 5) is 14.6. The van der Waals surface area contributed by atoms with Crippen LogP contribution in [0.5, 0.6) is 0 Å². The Hall–Kier alpha value is -2.46. The zero-order chi connectivity index (χ0) is 16.2. The Kier molecular flexibility index (Phi) is 4.53. The van der Waals surface area contributed by atoms with Gasteiger partial charge in [-0.1, -0.05) is 42.1 Å². The second kappa shape index (κ2) is 6.75. The summed E-state index contributed by atoms with van der Waals surface area (Å²) in [6.07, 6.45) is 0. The fraction of sp³-hybridized carbons (Fsp3) is 0.105. The number of benzene rings is 2. The summed E-state index contributed by atoms with van der Waals surface area (Å²) < 4.78 is 5.43. The molecule has 1 N–H and O–H groups in total. The molecule has 0 aliphatic heterocycles. The summed E-state index contributed by atoms with van der Waals surface area (Å²) in [6, 6.07) is 19.6. The third kappa shape index (κ3) is 3.66. The van der Waals surface area contributed by atoms with Crippen molar-refractivity contribution in [1.82, 2.24) is 0 Å². The minimum absolute atomic E-state index is 0.152. The molecule has 0 unspecified atom stereocenters. The van der Waals surface area contributed by atoms with Crippen LogP contribution >= 0.6 is 11.8 Å². The average molecular weight is 323 g/mol. The largest absolute Gasteiger partial charge is 0.466 e. The molecule has 23 heavy (non-hydrogen) atoms. The summed E-state index contributed by atoms with van der Waals surface area (Å²) in [5.74, 6) is 1.22. The molecule has 116 valence electrons. The summed E-state index contributed by atoms with van der Waals surface area (Å²) in [5.41, 5.74) is 1.37. The number of hydrogen-bond donors (Lipinski definition) is 1. The number of aryl methyl sites for hydroxylation is 2. The molecule has 0 aliphatic rings. The minimum atomic E-state index is -0.152. The van der Waals surface area contributed by atoms with Crippen LogP contribution in [0.25, 0.3) is 0 Å². The predicted octanol–water partition coefficient (Wildman–Crippen LogP) is 5.30. The first-order chi connectivity index (χ1) is 11.1. The molecule has 2 aromatic carbocycles. The number of furan rings is 1. The Balaban J connectivity index is 1.83. The quantitative estimate of drug-likeness (QED) is 0.708. The summed E-state index contributed by atoms with van der Waals surface area (Å²) in [7, 11) is 0. The Morgan fingerprint density at radius 1 is 1.00 bits per heavy atom. The van der Waals surface area contributed by atoms with Crippen LogP contribution < -0.4 is 5.32 Å². The van der Waals surface area contributed by atoms with E-state index in [1.807, 2.05) is 61.5 Å². The van der Waals surface area contributed by atoms with Gasteiger partial charge in [-0.3, -0.25) is 4.79 Å². The molecular formula is C19H17NO2S. The lowest BCUT2D eigenvalue weighted by atomic mass is 10.2. The Morgan fingerprint density at radius 3 is 2.39 bits per heavy atom. The van der Waals surface area contributed by atoms with Gasteiger partial charge >= 0.3 is 0 Å². The van der Waals surface area contributed by atoms with E-state index in [2.05, 4.69) is 5.32 Å². The number of hydrogen-bond acceptors (Lipinski definition) is 3. The van der Waals surface area contributed by atoms with Crippen LogP contribution in [0.2, 0.25) is 0 Å². The number of rotatable bonds is 4. The van der Waals surface area contributed by atoms with Crippen molar-refractivity contribution in [2.75, 3.05) is 5.32 Å². The molecule has 0 aliphatic carbocycles. The van der Waals surface area contributed by atoms with Crippen molar-refractivity contribution in [3.63, 3.8) is 0 Å². The first kappa shape index (κ1) is 15.4. The monoisotopic (exact) mass is 323 g/mol. The number of nitrogens with one attached hydrogen (secondary N) is 1. The van der Waals surface area contributed by atoms with Gasteiger partial charge in [0.2, 0.25) is 0 Å². The van der Waals surface area contributed by atoms with E-state index in [1.165, 1.54) is 0 Å². The highest BCUT2D eigenvalue weighted by Crippen LogP contribution is 2.33. The molecule has 3 rings (SSSR count). The molecule has 0 saturated carbocycles. The predicted molar refractivity (Wildman–Crippen MR) is 93.1 cm³/mol. The minimum Gasteiger partial charge on any atom is -0.466 e. The van der Waals surface area contributed by atoms with Crippen LogP contribution in [0.4, 0.5) is 5.69 Å². The van der Waals surface area contributed by atoms with Crippen molar-refractivity contribution in [2.24, 2.45) is 0 Å². The second-order valence-electron chi connectivity index (χ2n) is 5.19. The summed E-state index contributed by atoms with van der Waals surface area (Å²) in [5, 5.41) is 2.98. The van der Waals surface area contributed by atoms with Gasteiger partial charge in [-0.2, -0.15) is 0 Å². The molecule has 1 aromatic heterocycles. The van der Waals surface area contributed by atoms with Crippen LogP contribution in [0.1, 0.15) is 21.9 Å². The number of anilines is 1.